The Labute approximate surface area is 70.6 Å². The summed E-state index contributed by atoms with van der Waals surface area (Å²) in [6.45, 7) is 4.92. The summed E-state index contributed by atoms with van der Waals surface area (Å²) in [5.41, 5.74) is 0. The van der Waals surface area contributed by atoms with Crippen LogP contribution in [0.4, 0.5) is 0 Å². The third-order valence-corrected chi connectivity index (χ3v) is 2.74. The van der Waals surface area contributed by atoms with Gasteiger partial charge in [-0.15, -0.1) is 0 Å². The molecule has 68 valence electrons. The molecule has 2 N–H and O–H groups in total. The number of rotatable bonds is 5. The van der Waals surface area contributed by atoms with E-state index in [0.717, 1.165) is 0 Å². The molecular weight excluding hydrogens is 162 g/mol. The zero-order valence-electron chi connectivity index (χ0n) is 7.33. The Balaban J connectivity index is 3.31. The van der Waals surface area contributed by atoms with Crippen LogP contribution in [0, 0.1) is 0 Å². The second-order valence-electron chi connectivity index (χ2n) is 2.82. The lowest BCUT2D eigenvalue weighted by molar-refractivity contribution is 0.191. The summed E-state index contributed by atoms with van der Waals surface area (Å²) in [5.74, 6) is 0. The average Bonchev–Trinajstić information content (AvgIpc) is 1.86. The summed E-state index contributed by atoms with van der Waals surface area (Å²) in [7, 11) is -0.769. The number of hydrogen-bond acceptors (Lipinski definition) is 3. The van der Waals surface area contributed by atoms with E-state index < -0.39 is 10.8 Å². The summed E-state index contributed by atoms with van der Waals surface area (Å²) in [4.78, 5) is 0. The molecule has 3 atom stereocenters. The third-order valence-electron chi connectivity index (χ3n) is 1.44. The van der Waals surface area contributed by atoms with Crippen molar-refractivity contribution in [3.63, 3.8) is 0 Å². The number of aliphatic hydroxyl groups is 1. The average molecular weight is 179 g/mol. The summed E-state index contributed by atoms with van der Waals surface area (Å²) in [6, 6.07) is 0. The standard InChI is InChI=1S/C7H17NO2S/c1-6(9)4-8-5-7(2)11(3)10/h6-9H,4-5H2,1-3H3/t6-,7?,11?/m1/s1. The first-order chi connectivity index (χ1) is 5.04. The van der Waals surface area contributed by atoms with Crippen molar-refractivity contribution in [2.24, 2.45) is 0 Å². The van der Waals surface area contributed by atoms with Crippen LogP contribution in [0.2, 0.25) is 0 Å². The Morgan fingerprint density at radius 3 is 2.36 bits per heavy atom. The fourth-order valence-corrected chi connectivity index (χ4v) is 0.965. The van der Waals surface area contributed by atoms with Crippen LogP contribution in [0.15, 0.2) is 0 Å². The van der Waals surface area contributed by atoms with Gasteiger partial charge < -0.3 is 10.4 Å². The van der Waals surface area contributed by atoms with Crippen LogP contribution < -0.4 is 5.32 Å². The predicted octanol–water partition coefficient (Wildman–Crippen LogP) is -0.276. The molecule has 0 rings (SSSR count). The number of nitrogens with one attached hydrogen (secondary N) is 1. The first-order valence-corrected chi connectivity index (χ1v) is 5.37. The zero-order chi connectivity index (χ0) is 8.85. The molecule has 2 unspecified atom stereocenters. The highest BCUT2D eigenvalue weighted by Gasteiger charge is 2.04. The van der Waals surface area contributed by atoms with E-state index in [1.165, 1.54) is 0 Å². The van der Waals surface area contributed by atoms with Crippen LogP contribution in [0.1, 0.15) is 13.8 Å². The first kappa shape index (κ1) is 11.1. The summed E-state index contributed by atoms with van der Waals surface area (Å²) in [6.07, 6.45) is 1.36. The van der Waals surface area contributed by atoms with E-state index >= 15 is 0 Å². The second-order valence-corrected chi connectivity index (χ2v) is 4.62. The van der Waals surface area contributed by atoms with Gasteiger partial charge in [-0.05, 0) is 13.8 Å². The molecule has 4 heteroatoms. The number of hydrogen-bond donors (Lipinski definition) is 2. The van der Waals surface area contributed by atoms with Gasteiger partial charge in [-0.3, -0.25) is 4.21 Å². The monoisotopic (exact) mass is 179 g/mol. The van der Waals surface area contributed by atoms with Gasteiger partial charge in [-0.25, -0.2) is 0 Å². The molecule has 0 saturated carbocycles. The fourth-order valence-electron chi connectivity index (χ4n) is 0.613. The van der Waals surface area contributed by atoms with Gasteiger partial charge in [0.1, 0.15) is 0 Å². The molecule has 0 aromatic rings. The van der Waals surface area contributed by atoms with Gasteiger partial charge in [-0.1, -0.05) is 0 Å². The Bertz CT molecular complexity index is 128. The van der Waals surface area contributed by atoms with Crippen LogP contribution in [-0.2, 0) is 10.8 Å². The minimum atomic E-state index is -0.769. The van der Waals surface area contributed by atoms with Crippen molar-refractivity contribution in [1.82, 2.24) is 5.32 Å². The van der Waals surface area contributed by atoms with Crippen LogP contribution in [-0.4, -0.2) is 40.0 Å². The Kier molecular flexibility index (Phi) is 5.72. The maximum absolute atomic E-state index is 10.8. The van der Waals surface area contributed by atoms with Crippen molar-refractivity contribution >= 4 is 10.8 Å². The first-order valence-electron chi connectivity index (χ1n) is 3.75. The highest BCUT2D eigenvalue weighted by atomic mass is 32.2. The van der Waals surface area contributed by atoms with Crippen LogP contribution in [0.5, 0.6) is 0 Å². The molecule has 0 aliphatic heterocycles. The lowest BCUT2D eigenvalue weighted by Crippen LogP contribution is -2.32. The van der Waals surface area contributed by atoms with Gasteiger partial charge in [-0.2, -0.15) is 0 Å². The minimum Gasteiger partial charge on any atom is -0.392 e. The fraction of sp³-hybridized carbons (Fsp3) is 1.00. The lowest BCUT2D eigenvalue weighted by atomic mass is 10.4. The zero-order valence-corrected chi connectivity index (χ0v) is 8.15. The normalized spacial score (nSPS) is 19.3. The molecule has 11 heavy (non-hydrogen) atoms. The van der Waals surface area contributed by atoms with Crippen molar-refractivity contribution < 1.29 is 9.32 Å². The highest BCUT2D eigenvalue weighted by molar-refractivity contribution is 7.84. The van der Waals surface area contributed by atoms with E-state index in [-0.39, 0.29) is 11.4 Å². The van der Waals surface area contributed by atoms with Crippen LogP contribution >= 0.6 is 0 Å². The van der Waals surface area contributed by atoms with Gasteiger partial charge in [0.15, 0.2) is 0 Å². The molecule has 0 bridgehead atoms. The molecule has 0 saturated heterocycles. The topological polar surface area (TPSA) is 49.3 Å². The van der Waals surface area contributed by atoms with Crippen LogP contribution in [0.25, 0.3) is 0 Å². The second kappa shape index (κ2) is 5.69. The molecular formula is C7H17NO2S. The van der Waals surface area contributed by atoms with Crippen molar-refractivity contribution in [3.05, 3.63) is 0 Å². The van der Waals surface area contributed by atoms with E-state index in [9.17, 15) is 4.21 Å². The minimum absolute atomic E-state index is 0.161. The van der Waals surface area contributed by atoms with E-state index in [1.54, 1.807) is 13.2 Å². The third kappa shape index (κ3) is 6.47. The molecule has 0 spiro atoms. The highest BCUT2D eigenvalue weighted by Crippen LogP contribution is 1.89. The van der Waals surface area contributed by atoms with Crippen molar-refractivity contribution in [3.8, 4) is 0 Å². The molecule has 0 amide bonds. The summed E-state index contributed by atoms with van der Waals surface area (Å²) >= 11 is 0. The quantitative estimate of drug-likeness (QED) is 0.610. The van der Waals surface area contributed by atoms with E-state index in [1.807, 2.05) is 6.92 Å². The van der Waals surface area contributed by atoms with Gasteiger partial charge in [0.2, 0.25) is 0 Å². The SMILES string of the molecule is CC(CNC[C@@H](C)O)S(C)=O. The Hall–Kier alpha value is 0.0700. The van der Waals surface area contributed by atoms with E-state index in [2.05, 4.69) is 5.32 Å². The molecule has 0 fully saturated rings. The molecule has 0 radical (unpaired) electrons. The summed E-state index contributed by atoms with van der Waals surface area (Å²) < 4.78 is 10.8. The smallest absolute Gasteiger partial charge is 0.0636 e. The maximum atomic E-state index is 10.8. The van der Waals surface area contributed by atoms with Crippen molar-refractivity contribution in [2.45, 2.75) is 25.2 Å². The van der Waals surface area contributed by atoms with Crippen LogP contribution in [0.3, 0.4) is 0 Å². The van der Waals surface area contributed by atoms with Crippen molar-refractivity contribution in [2.75, 3.05) is 19.3 Å². The van der Waals surface area contributed by atoms with Crippen molar-refractivity contribution in [1.29, 1.82) is 0 Å². The number of aliphatic hydroxyl groups excluding tert-OH is 1. The largest absolute Gasteiger partial charge is 0.392 e. The lowest BCUT2D eigenvalue weighted by Gasteiger charge is -2.10. The molecule has 0 aromatic heterocycles. The van der Waals surface area contributed by atoms with Gasteiger partial charge in [0.05, 0.1) is 6.10 Å². The molecule has 0 aliphatic carbocycles. The molecule has 0 aromatic carbocycles. The predicted molar refractivity (Wildman–Crippen MR) is 48.1 cm³/mol. The van der Waals surface area contributed by atoms with Gasteiger partial charge in [0.25, 0.3) is 0 Å². The Morgan fingerprint density at radius 1 is 1.45 bits per heavy atom. The van der Waals surface area contributed by atoms with Gasteiger partial charge >= 0.3 is 0 Å². The molecule has 0 heterocycles. The Morgan fingerprint density at radius 2 is 2.00 bits per heavy atom. The molecule has 0 aliphatic rings. The maximum Gasteiger partial charge on any atom is 0.0636 e. The van der Waals surface area contributed by atoms with E-state index in [4.69, 9.17) is 5.11 Å². The van der Waals surface area contributed by atoms with Gasteiger partial charge in [0, 0.05) is 35.4 Å². The van der Waals surface area contributed by atoms with E-state index in [0.29, 0.717) is 13.1 Å². The molecule has 3 nitrogen and oxygen atoms in total. The summed E-state index contributed by atoms with van der Waals surface area (Å²) in [5, 5.41) is 12.0.